The predicted octanol–water partition coefficient (Wildman–Crippen LogP) is 0.686. The normalized spacial score (nSPS) is 13.5. The van der Waals surface area contributed by atoms with Gasteiger partial charge in [0.25, 0.3) is 0 Å². The minimum atomic E-state index is -1.47. The molecule has 1 aromatic rings. The molecule has 0 aliphatic heterocycles. The fourth-order valence-corrected chi connectivity index (χ4v) is 81.1. The average Bonchev–Trinajstić information content (AvgIpc) is 2.46. The molecule has 12 heteroatoms. The first-order valence-corrected chi connectivity index (χ1v) is 32.3. The lowest BCUT2D eigenvalue weighted by Gasteiger charge is -2.31. The van der Waals surface area contributed by atoms with Crippen LogP contribution < -0.4 is 10.6 Å². The summed E-state index contributed by atoms with van der Waals surface area (Å²) >= 11 is 0. The molecule has 0 amide bonds. The maximum Gasteiger partial charge on any atom is 0.132 e. The van der Waals surface area contributed by atoms with Gasteiger partial charge in [0, 0.05) is 47.3 Å². The van der Waals surface area contributed by atoms with E-state index in [1.807, 2.05) is 0 Å². The smallest absolute Gasteiger partial charge is 0.132 e. The first kappa shape index (κ1) is 25.5. The summed E-state index contributed by atoms with van der Waals surface area (Å²) in [7, 11) is 4.55. The van der Waals surface area contributed by atoms with Gasteiger partial charge < -0.3 is 9.28 Å². The van der Waals surface area contributed by atoms with E-state index in [-0.39, 0.29) is 0 Å². The van der Waals surface area contributed by atoms with Crippen molar-refractivity contribution in [3.8, 4) is 0 Å². The third-order valence-electron chi connectivity index (χ3n) is 4.25. The summed E-state index contributed by atoms with van der Waals surface area (Å²) in [6.07, 6.45) is 0. The van der Waals surface area contributed by atoms with E-state index in [0.717, 1.165) is 28.2 Å². The average molecular weight is 509 g/mol. The fourth-order valence-electron chi connectivity index (χ4n) is 2.81. The largest absolute Gasteiger partial charge is 0.313 e. The lowest BCUT2D eigenvalue weighted by molar-refractivity contribution is 1.06. The molecule has 12 radical (unpaired) electrons. The molecule has 2 nitrogen and oxygen atoms in total. The Hall–Kier alpha value is 1.51. The lowest BCUT2D eigenvalue weighted by Crippen LogP contribution is -2.66. The number of aromatic nitrogens is 2. The Morgan fingerprint density at radius 1 is 0.731 bits per heavy atom. The Morgan fingerprint density at radius 2 is 1.00 bits per heavy atom. The second-order valence-electron chi connectivity index (χ2n) is 9.50. The maximum atomic E-state index is 5.78. The van der Waals surface area contributed by atoms with Crippen LogP contribution in [-0.2, 0) is 0 Å². The lowest BCUT2D eigenvalue weighted by atomic mass is 10.6. The van der Waals surface area contributed by atoms with Crippen molar-refractivity contribution >= 4 is 94.2 Å². The molecule has 0 aliphatic carbocycles. The van der Waals surface area contributed by atoms with Crippen molar-refractivity contribution in [3.63, 3.8) is 0 Å². The molecule has 26 heavy (non-hydrogen) atoms. The highest BCUT2D eigenvalue weighted by molar-refractivity contribution is 7.70. The minimum Gasteiger partial charge on any atom is -0.313 e. The van der Waals surface area contributed by atoms with Crippen molar-refractivity contribution in [2.24, 2.45) is 0 Å². The van der Waals surface area contributed by atoms with Crippen molar-refractivity contribution in [2.45, 2.75) is 78.1 Å². The Balaban J connectivity index is 3.90. The van der Waals surface area contributed by atoms with Crippen LogP contribution in [0.5, 0.6) is 0 Å². The highest BCUT2D eigenvalue weighted by Crippen LogP contribution is 2.12. The fraction of sp³-hybridized carbons (Fsp3) is 0.857. The molecule has 1 rings (SSSR count). The van der Waals surface area contributed by atoms with Crippen LogP contribution in [0.2, 0.25) is 50.4 Å². The first-order valence-electron chi connectivity index (χ1n) is 9.28. The van der Waals surface area contributed by atoms with Gasteiger partial charge in [-0.15, -0.1) is 0 Å². The summed E-state index contributed by atoms with van der Waals surface area (Å²) < 4.78 is 11.6. The third-order valence-corrected chi connectivity index (χ3v) is 59.7. The van der Waals surface area contributed by atoms with Gasteiger partial charge in [0.1, 0.15) is 31.3 Å². The molecule has 0 atom stereocenters. The van der Waals surface area contributed by atoms with Gasteiger partial charge in [0.15, 0.2) is 0 Å². The van der Waals surface area contributed by atoms with E-state index < -0.39 is 47.0 Å². The quantitative estimate of drug-likeness (QED) is 0.483. The zero-order chi connectivity index (χ0) is 20.4. The number of nitrogens with zero attached hydrogens (tertiary/aromatic N) is 2. The molecule has 1 heterocycles. The van der Waals surface area contributed by atoms with Crippen molar-refractivity contribution < 1.29 is 0 Å². The Kier molecular flexibility index (Phi) is 9.84. The molecule has 0 saturated heterocycles. The van der Waals surface area contributed by atoms with E-state index in [1.54, 1.807) is 0 Å². The molecule has 0 aliphatic rings. The molecule has 0 fully saturated rings. The van der Waals surface area contributed by atoms with E-state index in [9.17, 15) is 0 Å². The Labute approximate surface area is 180 Å². The van der Waals surface area contributed by atoms with Crippen LogP contribution in [0.4, 0.5) is 0 Å². The van der Waals surface area contributed by atoms with Crippen LogP contribution in [-0.4, -0.2) is 92.9 Å². The van der Waals surface area contributed by atoms with Crippen LogP contribution in [0.1, 0.15) is 27.7 Å². The highest BCUT2D eigenvalue weighted by atomic mass is 29.9. The van der Waals surface area contributed by atoms with Crippen LogP contribution in [0.3, 0.4) is 0 Å². The zero-order valence-corrected chi connectivity index (χ0v) is 28.0. The van der Waals surface area contributed by atoms with Crippen molar-refractivity contribution in [2.75, 3.05) is 0 Å². The standard InChI is InChI=1S/C14H32N2Si10/c1-11(2)21(19-17)23-15-13(25(5,6)7)14(26(8,9)10)16-24(23)22(20-18)12(3)4/h11-12H,1-10H3. The van der Waals surface area contributed by atoms with Gasteiger partial charge in [-0.1, -0.05) is 78.1 Å². The van der Waals surface area contributed by atoms with Gasteiger partial charge in [-0.2, -0.15) is 0 Å². The van der Waals surface area contributed by atoms with Crippen molar-refractivity contribution in [1.82, 2.24) is 9.28 Å². The molecule has 138 valence electrons. The van der Waals surface area contributed by atoms with E-state index in [4.69, 9.17) is 9.28 Å². The molecule has 0 unspecified atom stereocenters. The SMILES string of the molecule is CC(C)[Si]([Si][Si])[si]1nc([Si](C)(C)C)c([Si](C)(C)C)n[si]1[Si]([Si][Si])C(C)C. The van der Waals surface area contributed by atoms with Crippen molar-refractivity contribution in [3.05, 3.63) is 0 Å². The van der Waals surface area contributed by atoms with Crippen molar-refractivity contribution in [1.29, 1.82) is 0 Å². The number of hydrogen-bond donors (Lipinski definition) is 0. The van der Waals surface area contributed by atoms with Gasteiger partial charge >= 0.3 is 0 Å². The molecule has 0 N–H and O–H groups in total. The summed E-state index contributed by atoms with van der Waals surface area (Å²) in [5, 5.41) is 3.05. The molecule has 0 saturated carbocycles. The molecule has 1 aromatic heterocycles. The van der Waals surface area contributed by atoms with Gasteiger partial charge in [0.05, 0.1) is 15.7 Å². The van der Waals surface area contributed by atoms with Gasteiger partial charge in [0.2, 0.25) is 0 Å². The second kappa shape index (κ2) is 10.0. The summed E-state index contributed by atoms with van der Waals surface area (Å²) in [4.78, 5) is 0. The Morgan fingerprint density at radius 3 is 1.15 bits per heavy atom. The molecule has 0 bridgehead atoms. The van der Waals surface area contributed by atoms with Gasteiger partial charge in [-0.3, -0.25) is 0 Å². The number of rotatable bonds is 8. The summed E-state index contributed by atoms with van der Waals surface area (Å²) in [6.45, 7) is 24.7. The number of hydrogen-bond acceptors (Lipinski definition) is 2. The zero-order valence-electron chi connectivity index (χ0n) is 18.0. The molecule has 0 aromatic carbocycles. The molecular formula is C14H32N2Si10. The van der Waals surface area contributed by atoms with Crippen LogP contribution >= 0.6 is 0 Å². The first-order chi connectivity index (χ1) is 11.8. The van der Waals surface area contributed by atoms with Crippen LogP contribution in [0, 0.1) is 0 Å². The van der Waals surface area contributed by atoms with Gasteiger partial charge in [-0.25, -0.2) is 0 Å². The molecule has 0 spiro atoms. The molecular weight excluding hydrogens is 477 g/mol. The summed E-state index contributed by atoms with van der Waals surface area (Å²) in [5.74, 6) is 0. The van der Waals surface area contributed by atoms with E-state index in [0.29, 0.717) is 0 Å². The Bertz CT molecular complexity index is 556. The van der Waals surface area contributed by atoms with Gasteiger partial charge in [-0.05, 0) is 0 Å². The summed E-state index contributed by atoms with van der Waals surface area (Å²) in [6, 6.07) is 0. The maximum absolute atomic E-state index is 5.78. The minimum absolute atomic E-state index is 0.458. The topological polar surface area (TPSA) is 25.8 Å². The van der Waals surface area contributed by atoms with E-state index in [2.05, 4.69) is 86.5 Å². The van der Waals surface area contributed by atoms with Crippen LogP contribution in [0.15, 0.2) is 0 Å². The monoisotopic (exact) mass is 508 g/mol. The van der Waals surface area contributed by atoms with Crippen LogP contribution in [0.25, 0.3) is 0 Å². The summed E-state index contributed by atoms with van der Waals surface area (Å²) in [5.41, 5.74) is 1.60. The van der Waals surface area contributed by atoms with E-state index in [1.165, 1.54) is 10.6 Å². The third kappa shape index (κ3) is 6.25. The van der Waals surface area contributed by atoms with E-state index >= 15 is 0 Å². The second-order valence-corrected chi connectivity index (χ2v) is 49.9. The predicted molar refractivity (Wildman–Crippen MR) is 135 cm³/mol. The highest BCUT2D eigenvalue weighted by Gasteiger charge is 2.36.